The Hall–Kier alpha value is -0.960. The van der Waals surface area contributed by atoms with Crippen molar-refractivity contribution in [1.82, 2.24) is 0 Å². The van der Waals surface area contributed by atoms with Crippen LogP contribution in [-0.4, -0.2) is 20.8 Å². The summed E-state index contributed by atoms with van der Waals surface area (Å²) in [6.45, 7) is 4.48. The number of rotatable bonds is 20. The molecule has 0 radical (unpaired) electrons. The molecule has 208 valence electrons. The van der Waals surface area contributed by atoms with Crippen molar-refractivity contribution in [3.8, 4) is 0 Å². The highest BCUT2D eigenvalue weighted by molar-refractivity contribution is 7.58. The van der Waals surface area contributed by atoms with E-state index in [0.717, 1.165) is 47.9 Å². The number of hydrogen-bond donors (Lipinski definition) is 3. The Morgan fingerprint density at radius 3 is 1.30 bits per heavy atom. The summed E-state index contributed by atoms with van der Waals surface area (Å²) in [7, 11) is -4.13. The van der Waals surface area contributed by atoms with E-state index in [1.54, 1.807) is 0 Å². The summed E-state index contributed by atoms with van der Waals surface area (Å²) in [4.78, 5) is 29.5. The Morgan fingerprint density at radius 1 is 0.568 bits per heavy atom. The number of hydrogen-bond acceptors (Lipinski definition) is 3. The van der Waals surface area contributed by atoms with Crippen molar-refractivity contribution in [2.45, 2.75) is 121 Å². The molecule has 0 saturated carbocycles. The van der Waals surface area contributed by atoms with Gasteiger partial charge in [-0.3, -0.25) is 0 Å². The van der Waals surface area contributed by atoms with Gasteiger partial charge in [-0.15, -0.1) is 11.6 Å². The smallest absolute Gasteiger partial charge is 0.193 e. The molecule has 5 heteroatoms. The first kappa shape index (κ1) is 32.3. The van der Waals surface area contributed by atoms with Gasteiger partial charge < -0.3 is 0 Å². The molecule has 0 aliphatic heterocycles. The van der Waals surface area contributed by atoms with E-state index in [9.17, 15) is 14.7 Å². The van der Waals surface area contributed by atoms with E-state index in [1.165, 1.54) is 77.0 Å². The monoisotopic (exact) mass is 549 g/mol. The number of halogens is 1. The molecule has 0 unspecified atom stereocenters. The molecule has 2 rings (SSSR count). The molecule has 0 spiro atoms. The molecular weight excluding hydrogens is 499 g/mol. The summed E-state index contributed by atoms with van der Waals surface area (Å²) in [5.41, 5.74) is 4.03. The maximum absolute atomic E-state index is 10.2. The van der Waals surface area contributed by atoms with Gasteiger partial charge in [0.25, 0.3) is 0 Å². The van der Waals surface area contributed by atoms with Crippen molar-refractivity contribution in [2.75, 3.05) is 6.16 Å². The van der Waals surface area contributed by atoms with Gasteiger partial charge in [-0.2, -0.15) is 14.7 Å². The molecular formula is C32H51ClO3P+. The number of alkyl halides is 1. The van der Waals surface area contributed by atoms with Crippen LogP contribution in [0.2, 0.25) is 0 Å². The highest BCUT2D eigenvalue weighted by Crippen LogP contribution is 2.55. The third kappa shape index (κ3) is 11.8. The summed E-state index contributed by atoms with van der Waals surface area (Å²) in [6, 6.07) is 16.2. The first-order valence-corrected chi connectivity index (χ1v) is 16.9. The van der Waals surface area contributed by atoms with Crippen molar-refractivity contribution >= 4 is 19.5 Å². The predicted molar refractivity (Wildman–Crippen MR) is 161 cm³/mol. The van der Waals surface area contributed by atoms with Crippen LogP contribution in [0.15, 0.2) is 48.5 Å². The van der Waals surface area contributed by atoms with Gasteiger partial charge in [-0.25, -0.2) is 0 Å². The van der Waals surface area contributed by atoms with Crippen LogP contribution in [0.25, 0.3) is 0 Å². The minimum absolute atomic E-state index is 0.288. The van der Waals surface area contributed by atoms with Gasteiger partial charge in [0, 0.05) is 0 Å². The first-order valence-electron chi connectivity index (χ1n) is 14.7. The standard InChI is InChI=1S/C32H51ClO3P/c1-3-5-7-9-11-13-15-21-28-23-17-19-25-30(28)32(33,27-37(34,35)36)31-26-20-18-24-29(31)22-16-14-12-10-8-6-4-2/h17-20,23-26,34-36H,3-16,21-22,27H2,1-2H3/q+1. The number of unbranched alkanes of at least 4 members (excludes halogenated alkanes) is 12. The average Bonchev–Trinajstić information content (AvgIpc) is 2.87. The van der Waals surface area contributed by atoms with E-state index < -0.39 is 12.8 Å². The van der Waals surface area contributed by atoms with Gasteiger partial charge in [0.15, 0.2) is 6.16 Å². The molecule has 0 fully saturated rings. The summed E-state index contributed by atoms with van der Waals surface area (Å²) in [5.74, 6) is 0. The summed E-state index contributed by atoms with van der Waals surface area (Å²) in [5, 5.41) is 0. The Balaban J connectivity index is 2.21. The fourth-order valence-corrected chi connectivity index (χ4v) is 7.18. The van der Waals surface area contributed by atoms with E-state index in [4.69, 9.17) is 11.6 Å². The van der Waals surface area contributed by atoms with E-state index in [1.807, 2.05) is 36.4 Å². The van der Waals surface area contributed by atoms with Crippen molar-refractivity contribution < 1.29 is 14.7 Å². The van der Waals surface area contributed by atoms with Crippen LogP contribution in [0.3, 0.4) is 0 Å². The minimum Gasteiger partial charge on any atom is -0.193 e. The molecule has 0 saturated heterocycles. The van der Waals surface area contributed by atoms with Crippen molar-refractivity contribution in [3.63, 3.8) is 0 Å². The molecule has 3 N–H and O–H groups in total. The summed E-state index contributed by atoms with van der Waals surface area (Å²) < 4.78 is 0. The zero-order valence-corrected chi connectivity index (χ0v) is 25.0. The fourth-order valence-electron chi connectivity index (χ4n) is 5.40. The second-order valence-electron chi connectivity index (χ2n) is 10.7. The van der Waals surface area contributed by atoms with Crippen LogP contribution in [0.5, 0.6) is 0 Å². The third-order valence-electron chi connectivity index (χ3n) is 7.42. The lowest BCUT2D eigenvalue weighted by atomic mass is 9.83. The van der Waals surface area contributed by atoms with Gasteiger partial charge in [-0.1, -0.05) is 139 Å². The molecule has 37 heavy (non-hydrogen) atoms. The van der Waals surface area contributed by atoms with Crippen LogP contribution in [-0.2, 0) is 17.7 Å². The van der Waals surface area contributed by atoms with Gasteiger partial charge in [0.05, 0.1) is 0 Å². The second kappa shape index (κ2) is 17.6. The van der Waals surface area contributed by atoms with Crippen LogP contribution >= 0.6 is 19.5 Å². The topological polar surface area (TPSA) is 60.7 Å². The average molecular weight is 550 g/mol. The van der Waals surface area contributed by atoms with Gasteiger partial charge in [0.2, 0.25) is 0 Å². The maximum Gasteiger partial charge on any atom is 0.406 e. The SMILES string of the molecule is CCCCCCCCCc1ccccc1C(Cl)(C[P+](O)(O)O)c1ccccc1CCCCCCCCC. The van der Waals surface area contributed by atoms with Crippen LogP contribution in [0.1, 0.15) is 126 Å². The molecule has 2 aromatic rings. The zero-order chi connectivity index (χ0) is 27.0. The predicted octanol–water partition coefficient (Wildman–Crippen LogP) is 9.49. The molecule has 2 aromatic carbocycles. The molecule has 0 aliphatic rings. The Morgan fingerprint density at radius 2 is 0.919 bits per heavy atom. The first-order chi connectivity index (χ1) is 17.8. The number of benzene rings is 2. The van der Waals surface area contributed by atoms with Crippen LogP contribution < -0.4 is 0 Å². The van der Waals surface area contributed by atoms with Crippen molar-refractivity contribution in [3.05, 3.63) is 70.8 Å². The molecule has 3 nitrogen and oxygen atoms in total. The molecule has 0 bridgehead atoms. The molecule has 0 aromatic heterocycles. The Labute approximate surface area is 232 Å². The Bertz CT molecular complexity index is 819. The van der Waals surface area contributed by atoms with Gasteiger partial charge >= 0.3 is 7.94 Å². The molecule has 0 aliphatic carbocycles. The lowest BCUT2D eigenvalue weighted by Crippen LogP contribution is -2.30. The number of aryl methyl sites for hydroxylation is 2. The highest BCUT2D eigenvalue weighted by atomic mass is 35.5. The quantitative estimate of drug-likeness (QED) is 0.0875. The van der Waals surface area contributed by atoms with Crippen molar-refractivity contribution in [1.29, 1.82) is 0 Å². The molecule has 0 heterocycles. The van der Waals surface area contributed by atoms with E-state index >= 15 is 0 Å². The molecule has 0 atom stereocenters. The Kier molecular flexibility index (Phi) is 15.3. The zero-order valence-electron chi connectivity index (χ0n) is 23.3. The van der Waals surface area contributed by atoms with Gasteiger partial charge in [0.1, 0.15) is 4.87 Å². The lowest BCUT2D eigenvalue weighted by Gasteiger charge is -2.31. The minimum atomic E-state index is -4.13. The normalized spacial score (nSPS) is 12.3. The van der Waals surface area contributed by atoms with E-state index in [2.05, 4.69) is 26.0 Å². The highest BCUT2D eigenvalue weighted by Gasteiger charge is 2.48. The molecule has 0 amide bonds. The van der Waals surface area contributed by atoms with E-state index in [0.29, 0.717) is 0 Å². The second-order valence-corrected chi connectivity index (χ2v) is 13.1. The largest absolute Gasteiger partial charge is 0.406 e. The lowest BCUT2D eigenvalue weighted by molar-refractivity contribution is 0.326. The van der Waals surface area contributed by atoms with Crippen LogP contribution in [0, 0.1) is 0 Å². The van der Waals surface area contributed by atoms with Gasteiger partial charge in [-0.05, 0) is 47.9 Å². The maximum atomic E-state index is 10.2. The summed E-state index contributed by atoms with van der Waals surface area (Å²) >= 11 is 7.43. The van der Waals surface area contributed by atoms with Crippen LogP contribution in [0.4, 0.5) is 0 Å². The fraction of sp³-hybridized carbons (Fsp3) is 0.625. The van der Waals surface area contributed by atoms with Crippen molar-refractivity contribution in [2.24, 2.45) is 0 Å². The van der Waals surface area contributed by atoms with E-state index in [-0.39, 0.29) is 6.16 Å². The summed E-state index contributed by atoms with van der Waals surface area (Å²) in [6.07, 6.45) is 18.8. The third-order valence-corrected chi connectivity index (χ3v) is 9.04.